The minimum atomic E-state index is 0. The van der Waals surface area contributed by atoms with Crippen LogP contribution in [0.25, 0.3) is 0 Å². The molecule has 0 saturated carbocycles. The van der Waals surface area contributed by atoms with Gasteiger partial charge in [-0.3, -0.25) is 0 Å². The molecule has 0 bridgehead atoms. The molecule has 0 aliphatic carbocycles. The van der Waals surface area contributed by atoms with Crippen LogP contribution in [0.15, 0.2) is 18.2 Å². The first-order valence-electron chi connectivity index (χ1n) is 5.95. The Balaban J connectivity index is 0.00000144. The summed E-state index contributed by atoms with van der Waals surface area (Å²) in [6.45, 7) is 5.03. The van der Waals surface area contributed by atoms with Gasteiger partial charge in [-0.1, -0.05) is 0 Å². The van der Waals surface area contributed by atoms with Gasteiger partial charge in [0.15, 0.2) is 0 Å². The average molecular weight is 293 g/mol. The summed E-state index contributed by atoms with van der Waals surface area (Å²) in [5.41, 5.74) is 7.67. The summed E-state index contributed by atoms with van der Waals surface area (Å²) in [5.74, 6) is 1.57. The Bertz CT molecular complexity index is 355. The molecule has 18 heavy (non-hydrogen) atoms. The van der Waals surface area contributed by atoms with Crippen LogP contribution in [0, 0.1) is 12.8 Å². The van der Waals surface area contributed by atoms with Gasteiger partial charge in [-0.05, 0) is 50.1 Å². The molecule has 1 fully saturated rings. The van der Waals surface area contributed by atoms with E-state index in [0.717, 1.165) is 36.7 Å². The fourth-order valence-corrected chi connectivity index (χ4v) is 2.02. The van der Waals surface area contributed by atoms with Crippen LogP contribution in [-0.2, 0) is 0 Å². The highest BCUT2D eigenvalue weighted by molar-refractivity contribution is 5.85. The molecule has 2 rings (SSSR count). The summed E-state index contributed by atoms with van der Waals surface area (Å²) in [4.78, 5) is 0. The minimum absolute atomic E-state index is 0. The number of rotatable bonds is 3. The van der Waals surface area contributed by atoms with Crippen LogP contribution in [0.5, 0.6) is 5.75 Å². The zero-order valence-electron chi connectivity index (χ0n) is 10.6. The first-order valence-corrected chi connectivity index (χ1v) is 5.95. The van der Waals surface area contributed by atoms with E-state index in [1.54, 1.807) is 0 Å². The molecule has 3 nitrogen and oxygen atoms in total. The highest BCUT2D eigenvalue weighted by Crippen LogP contribution is 2.20. The lowest BCUT2D eigenvalue weighted by atomic mass is 10.0. The fraction of sp³-hybridized carbons (Fsp3) is 0.538. The minimum Gasteiger partial charge on any atom is -0.493 e. The summed E-state index contributed by atoms with van der Waals surface area (Å²) in [6, 6.07) is 5.86. The number of hydrogen-bond acceptors (Lipinski definition) is 3. The van der Waals surface area contributed by atoms with Crippen LogP contribution in [0.2, 0.25) is 0 Å². The highest BCUT2D eigenvalue weighted by atomic mass is 35.5. The topological polar surface area (TPSA) is 47.3 Å². The molecule has 1 aliphatic heterocycles. The van der Waals surface area contributed by atoms with E-state index in [0.29, 0.717) is 5.92 Å². The zero-order valence-corrected chi connectivity index (χ0v) is 12.3. The van der Waals surface area contributed by atoms with Gasteiger partial charge in [0.1, 0.15) is 5.75 Å². The first kappa shape index (κ1) is 17.4. The number of nitrogens with two attached hydrogens (primary N) is 1. The maximum Gasteiger partial charge on any atom is 0.119 e. The van der Waals surface area contributed by atoms with Crippen molar-refractivity contribution in [1.82, 2.24) is 5.32 Å². The molecule has 1 unspecified atom stereocenters. The van der Waals surface area contributed by atoms with Gasteiger partial charge in [0.05, 0.1) is 6.61 Å². The lowest BCUT2D eigenvalue weighted by Crippen LogP contribution is -2.33. The number of halogens is 2. The Morgan fingerprint density at radius 1 is 1.39 bits per heavy atom. The molecular formula is C13H22Cl2N2O. The van der Waals surface area contributed by atoms with Crippen LogP contribution in [0.1, 0.15) is 18.4 Å². The van der Waals surface area contributed by atoms with E-state index < -0.39 is 0 Å². The summed E-state index contributed by atoms with van der Waals surface area (Å²) < 4.78 is 5.79. The molecule has 1 atom stereocenters. The Morgan fingerprint density at radius 2 is 2.17 bits per heavy atom. The second-order valence-electron chi connectivity index (χ2n) is 4.54. The van der Waals surface area contributed by atoms with Crippen molar-refractivity contribution in [3.05, 3.63) is 23.8 Å². The highest BCUT2D eigenvalue weighted by Gasteiger charge is 2.13. The van der Waals surface area contributed by atoms with E-state index in [1.165, 1.54) is 12.8 Å². The quantitative estimate of drug-likeness (QED) is 0.842. The summed E-state index contributed by atoms with van der Waals surface area (Å²) in [5, 5.41) is 3.39. The van der Waals surface area contributed by atoms with Crippen molar-refractivity contribution < 1.29 is 4.74 Å². The molecule has 0 amide bonds. The molecule has 104 valence electrons. The monoisotopic (exact) mass is 292 g/mol. The summed E-state index contributed by atoms with van der Waals surface area (Å²) in [6.07, 6.45) is 2.52. The number of piperidine rings is 1. The van der Waals surface area contributed by atoms with Crippen LogP contribution >= 0.6 is 24.8 Å². The Kier molecular flexibility index (Phi) is 8.16. The average Bonchev–Trinajstić information content (AvgIpc) is 2.32. The van der Waals surface area contributed by atoms with Gasteiger partial charge < -0.3 is 15.8 Å². The Morgan fingerprint density at radius 3 is 2.78 bits per heavy atom. The van der Waals surface area contributed by atoms with Crippen LogP contribution < -0.4 is 15.8 Å². The van der Waals surface area contributed by atoms with E-state index in [2.05, 4.69) is 5.32 Å². The van der Waals surface area contributed by atoms with Gasteiger partial charge in [-0.15, -0.1) is 24.8 Å². The van der Waals surface area contributed by atoms with Gasteiger partial charge in [0.2, 0.25) is 0 Å². The van der Waals surface area contributed by atoms with Crippen molar-refractivity contribution in [3.63, 3.8) is 0 Å². The van der Waals surface area contributed by atoms with E-state index >= 15 is 0 Å². The van der Waals surface area contributed by atoms with Crippen molar-refractivity contribution in [2.75, 3.05) is 25.4 Å². The van der Waals surface area contributed by atoms with E-state index in [4.69, 9.17) is 10.5 Å². The second-order valence-corrected chi connectivity index (χ2v) is 4.54. The third-order valence-corrected chi connectivity index (χ3v) is 3.13. The third-order valence-electron chi connectivity index (χ3n) is 3.13. The molecule has 0 radical (unpaired) electrons. The van der Waals surface area contributed by atoms with E-state index in [1.807, 2.05) is 25.1 Å². The predicted molar refractivity (Wildman–Crippen MR) is 81.2 cm³/mol. The van der Waals surface area contributed by atoms with Gasteiger partial charge in [-0.2, -0.15) is 0 Å². The number of nitrogens with one attached hydrogen (secondary N) is 1. The van der Waals surface area contributed by atoms with Crippen molar-refractivity contribution in [3.8, 4) is 5.75 Å². The smallest absolute Gasteiger partial charge is 0.119 e. The summed E-state index contributed by atoms with van der Waals surface area (Å²) >= 11 is 0. The van der Waals surface area contributed by atoms with Gasteiger partial charge in [0.25, 0.3) is 0 Å². The van der Waals surface area contributed by atoms with Gasteiger partial charge >= 0.3 is 0 Å². The van der Waals surface area contributed by atoms with Crippen molar-refractivity contribution in [2.45, 2.75) is 19.8 Å². The molecule has 0 aromatic heterocycles. The molecule has 5 heteroatoms. The molecular weight excluding hydrogens is 271 g/mol. The number of hydrogen-bond donors (Lipinski definition) is 2. The van der Waals surface area contributed by atoms with Crippen LogP contribution in [0.3, 0.4) is 0 Å². The standard InChI is InChI=1S/C13H20N2O.2ClH/c1-10-7-12(4-5-13(10)14)16-9-11-3-2-6-15-8-11;;/h4-5,7,11,15H,2-3,6,8-9,14H2,1H3;2*1H. The molecule has 0 spiro atoms. The lowest BCUT2D eigenvalue weighted by molar-refractivity contribution is 0.218. The summed E-state index contributed by atoms with van der Waals surface area (Å²) in [7, 11) is 0. The number of anilines is 1. The third kappa shape index (κ3) is 4.92. The normalized spacial score (nSPS) is 18.4. The maximum atomic E-state index is 5.79. The maximum absolute atomic E-state index is 5.79. The van der Waals surface area contributed by atoms with Crippen molar-refractivity contribution >= 4 is 30.5 Å². The predicted octanol–water partition coefficient (Wildman–Crippen LogP) is 2.80. The molecule has 1 aliphatic rings. The second kappa shape index (κ2) is 8.46. The Hall–Kier alpha value is -0.640. The lowest BCUT2D eigenvalue weighted by Gasteiger charge is -2.22. The number of benzene rings is 1. The molecule has 1 aromatic rings. The fourth-order valence-electron chi connectivity index (χ4n) is 2.02. The number of nitrogen functional groups attached to an aromatic ring is 1. The first-order chi connectivity index (χ1) is 7.75. The number of aryl methyl sites for hydroxylation is 1. The Labute approximate surface area is 121 Å². The largest absolute Gasteiger partial charge is 0.493 e. The van der Waals surface area contributed by atoms with Crippen molar-refractivity contribution in [1.29, 1.82) is 0 Å². The van der Waals surface area contributed by atoms with Gasteiger partial charge in [-0.25, -0.2) is 0 Å². The number of ether oxygens (including phenoxy) is 1. The van der Waals surface area contributed by atoms with E-state index in [-0.39, 0.29) is 24.8 Å². The molecule has 3 N–H and O–H groups in total. The molecule has 1 saturated heterocycles. The van der Waals surface area contributed by atoms with Crippen molar-refractivity contribution in [2.24, 2.45) is 5.92 Å². The van der Waals surface area contributed by atoms with E-state index in [9.17, 15) is 0 Å². The SMILES string of the molecule is Cc1cc(OCC2CCCNC2)ccc1N.Cl.Cl. The molecule has 1 heterocycles. The zero-order chi connectivity index (χ0) is 11.4. The van der Waals surface area contributed by atoms with Gasteiger partial charge in [0, 0.05) is 18.2 Å². The van der Waals surface area contributed by atoms with Crippen LogP contribution in [-0.4, -0.2) is 19.7 Å². The van der Waals surface area contributed by atoms with Crippen LogP contribution in [0.4, 0.5) is 5.69 Å². The molecule has 1 aromatic carbocycles.